The van der Waals surface area contributed by atoms with E-state index in [0.717, 1.165) is 0 Å². The van der Waals surface area contributed by atoms with Crippen molar-refractivity contribution in [2.24, 2.45) is 0 Å². The fraction of sp³-hybridized carbons (Fsp3) is 0.368. The number of carbonyl (C=O) groups is 1. The van der Waals surface area contributed by atoms with Gasteiger partial charge in [-0.25, -0.2) is 13.4 Å². The van der Waals surface area contributed by atoms with E-state index in [1.54, 1.807) is 42.6 Å². The van der Waals surface area contributed by atoms with E-state index >= 15 is 0 Å². The van der Waals surface area contributed by atoms with Crippen LogP contribution < -0.4 is 19.5 Å². The molecule has 2 N–H and O–H groups in total. The lowest BCUT2D eigenvalue weighted by molar-refractivity contribution is -0.118. The molecule has 0 saturated heterocycles. The molecule has 0 aliphatic rings. The Balaban J connectivity index is 1.90. The Morgan fingerprint density at radius 2 is 1.89 bits per heavy atom. The normalized spacial score (nSPS) is 11.1. The Morgan fingerprint density at radius 3 is 2.54 bits per heavy atom. The molecule has 0 unspecified atom stereocenters. The van der Waals surface area contributed by atoms with Crippen molar-refractivity contribution in [2.45, 2.75) is 33.4 Å². The monoisotopic (exact) mass is 407 g/mol. The number of amides is 1. The van der Waals surface area contributed by atoms with Crippen LogP contribution in [0, 0.1) is 0 Å². The van der Waals surface area contributed by atoms with Crippen molar-refractivity contribution >= 4 is 21.6 Å². The van der Waals surface area contributed by atoms with Crippen molar-refractivity contribution in [3.63, 3.8) is 0 Å². The third-order valence-corrected chi connectivity index (χ3v) is 4.62. The third kappa shape index (κ3) is 7.07. The highest BCUT2D eigenvalue weighted by Crippen LogP contribution is 2.18. The fourth-order valence-electron chi connectivity index (χ4n) is 2.33. The van der Waals surface area contributed by atoms with E-state index < -0.39 is 21.7 Å². The van der Waals surface area contributed by atoms with E-state index in [9.17, 15) is 13.2 Å². The van der Waals surface area contributed by atoms with Crippen molar-refractivity contribution in [2.75, 3.05) is 17.1 Å². The molecule has 1 amide bonds. The molecule has 2 aromatic rings. The molecule has 9 heteroatoms. The average Bonchev–Trinajstić information content (AvgIpc) is 2.62. The topological polar surface area (TPSA) is 107 Å². The molecule has 8 nitrogen and oxygen atoms in total. The van der Waals surface area contributed by atoms with Gasteiger partial charge in [0.1, 0.15) is 11.5 Å². The molecule has 2 rings (SSSR count). The number of hydrogen-bond acceptors (Lipinski definition) is 6. The second kappa shape index (κ2) is 9.93. The van der Waals surface area contributed by atoms with Gasteiger partial charge >= 0.3 is 0 Å². The summed E-state index contributed by atoms with van der Waals surface area (Å²) in [5.74, 6) is -0.271. The summed E-state index contributed by atoms with van der Waals surface area (Å²) >= 11 is 0. The van der Waals surface area contributed by atoms with Crippen LogP contribution in [0.25, 0.3) is 0 Å². The van der Waals surface area contributed by atoms with E-state index in [1.165, 1.54) is 0 Å². The lowest BCUT2D eigenvalue weighted by Gasteiger charge is -2.12. The zero-order valence-corrected chi connectivity index (χ0v) is 17.0. The van der Waals surface area contributed by atoms with Gasteiger partial charge in [-0.3, -0.25) is 9.52 Å². The quantitative estimate of drug-likeness (QED) is 0.626. The first kappa shape index (κ1) is 21.5. The Kier molecular flexibility index (Phi) is 7.62. The molecule has 0 radical (unpaired) electrons. The van der Waals surface area contributed by atoms with Crippen LogP contribution in [0.15, 0.2) is 42.6 Å². The Hall–Kier alpha value is -2.81. The smallest absolute Gasteiger partial charge is 0.241 e. The number of pyridine rings is 1. The second-order valence-corrected chi connectivity index (χ2v) is 7.95. The van der Waals surface area contributed by atoms with Crippen LogP contribution in [0.4, 0.5) is 5.69 Å². The Bertz CT molecular complexity index is 883. The molecule has 0 aliphatic carbocycles. The van der Waals surface area contributed by atoms with Crippen LogP contribution in [-0.2, 0) is 21.4 Å². The van der Waals surface area contributed by atoms with E-state index in [4.69, 9.17) is 9.47 Å². The molecule has 0 spiro atoms. The van der Waals surface area contributed by atoms with E-state index in [2.05, 4.69) is 15.0 Å². The minimum atomic E-state index is -3.84. The SMILES string of the molecule is CCOc1ncccc1CNC(=O)CS(=O)(=O)Nc1ccc(OC(C)C)cc1. The Labute approximate surface area is 165 Å². The van der Waals surface area contributed by atoms with Gasteiger partial charge in [-0.2, -0.15) is 0 Å². The summed E-state index contributed by atoms with van der Waals surface area (Å²) in [6.07, 6.45) is 1.61. The average molecular weight is 407 g/mol. The number of ether oxygens (including phenoxy) is 2. The minimum Gasteiger partial charge on any atom is -0.491 e. The number of aromatic nitrogens is 1. The van der Waals surface area contributed by atoms with E-state index in [0.29, 0.717) is 29.5 Å². The highest BCUT2D eigenvalue weighted by molar-refractivity contribution is 7.93. The molecule has 1 heterocycles. The number of anilines is 1. The van der Waals surface area contributed by atoms with Gasteiger partial charge in [-0.05, 0) is 51.1 Å². The number of nitrogens with one attached hydrogen (secondary N) is 2. The lowest BCUT2D eigenvalue weighted by atomic mass is 10.2. The summed E-state index contributed by atoms with van der Waals surface area (Å²) in [6, 6.07) is 9.96. The van der Waals surface area contributed by atoms with Gasteiger partial charge in [0.05, 0.1) is 12.7 Å². The maximum absolute atomic E-state index is 12.2. The minimum absolute atomic E-state index is 0.0225. The predicted octanol–water partition coefficient (Wildman–Crippen LogP) is 2.33. The number of hydrogen-bond donors (Lipinski definition) is 2. The molecule has 0 bridgehead atoms. The fourth-order valence-corrected chi connectivity index (χ4v) is 3.35. The molecule has 152 valence electrons. The number of sulfonamides is 1. The van der Waals surface area contributed by atoms with Gasteiger partial charge in [-0.1, -0.05) is 6.07 Å². The zero-order valence-electron chi connectivity index (χ0n) is 16.1. The highest BCUT2D eigenvalue weighted by Gasteiger charge is 2.17. The molecular formula is C19H25N3O5S. The third-order valence-electron chi connectivity index (χ3n) is 3.43. The van der Waals surface area contributed by atoms with E-state index in [-0.39, 0.29) is 12.6 Å². The Morgan fingerprint density at radius 1 is 1.18 bits per heavy atom. The van der Waals surface area contributed by atoms with Crippen LogP contribution in [0.3, 0.4) is 0 Å². The standard InChI is InChI=1S/C19H25N3O5S/c1-4-26-19-15(6-5-11-20-19)12-21-18(23)13-28(24,25)22-16-7-9-17(10-8-16)27-14(2)3/h5-11,14,22H,4,12-13H2,1-3H3,(H,21,23). The first-order valence-corrected chi connectivity index (χ1v) is 10.5. The molecule has 0 fully saturated rings. The van der Waals surface area contributed by atoms with Crippen LogP contribution >= 0.6 is 0 Å². The number of carbonyl (C=O) groups excluding carboxylic acids is 1. The molecule has 1 aromatic carbocycles. The number of rotatable bonds is 10. The largest absolute Gasteiger partial charge is 0.491 e. The summed E-state index contributed by atoms with van der Waals surface area (Å²) in [7, 11) is -3.84. The maximum Gasteiger partial charge on any atom is 0.241 e. The summed E-state index contributed by atoms with van der Waals surface area (Å²) in [4.78, 5) is 16.1. The summed E-state index contributed by atoms with van der Waals surface area (Å²) in [5, 5.41) is 2.57. The maximum atomic E-state index is 12.2. The van der Waals surface area contributed by atoms with Gasteiger partial charge in [0.15, 0.2) is 0 Å². The van der Waals surface area contributed by atoms with Gasteiger partial charge in [0.2, 0.25) is 21.8 Å². The van der Waals surface area contributed by atoms with Crippen molar-refractivity contribution in [3.05, 3.63) is 48.2 Å². The zero-order chi connectivity index (χ0) is 20.6. The first-order valence-electron chi connectivity index (χ1n) is 8.89. The predicted molar refractivity (Wildman–Crippen MR) is 107 cm³/mol. The molecule has 0 aliphatic heterocycles. The van der Waals surface area contributed by atoms with Crippen molar-refractivity contribution in [3.8, 4) is 11.6 Å². The van der Waals surface area contributed by atoms with Gasteiger partial charge in [0, 0.05) is 24.0 Å². The van der Waals surface area contributed by atoms with Crippen LogP contribution in [0.2, 0.25) is 0 Å². The first-order chi connectivity index (χ1) is 13.3. The van der Waals surface area contributed by atoms with Gasteiger partial charge < -0.3 is 14.8 Å². The van der Waals surface area contributed by atoms with Crippen LogP contribution in [0.1, 0.15) is 26.3 Å². The van der Waals surface area contributed by atoms with E-state index in [1.807, 2.05) is 20.8 Å². The molecular weight excluding hydrogens is 382 g/mol. The number of nitrogens with zero attached hydrogens (tertiary/aromatic N) is 1. The summed E-state index contributed by atoms with van der Waals surface area (Å²) in [6.45, 7) is 6.20. The van der Waals surface area contributed by atoms with Crippen LogP contribution in [-0.4, -0.2) is 37.8 Å². The summed E-state index contributed by atoms with van der Waals surface area (Å²) < 4.78 is 37.7. The highest BCUT2D eigenvalue weighted by atomic mass is 32.2. The van der Waals surface area contributed by atoms with Gasteiger partial charge in [-0.15, -0.1) is 0 Å². The van der Waals surface area contributed by atoms with Crippen molar-refractivity contribution in [1.82, 2.24) is 10.3 Å². The summed E-state index contributed by atoms with van der Waals surface area (Å²) in [5.41, 5.74) is 1.03. The molecule has 1 aromatic heterocycles. The second-order valence-electron chi connectivity index (χ2n) is 6.23. The van der Waals surface area contributed by atoms with Gasteiger partial charge in [0.25, 0.3) is 0 Å². The van der Waals surface area contributed by atoms with Crippen LogP contribution in [0.5, 0.6) is 11.6 Å². The molecule has 0 saturated carbocycles. The van der Waals surface area contributed by atoms with Crippen molar-refractivity contribution in [1.29, 1.82) is 0 Å². The molecule has 28 heavy (non-hydrogen) atoms. The number of benzene rings is 1. The lowest BCUT2D eigenvalue weighted by Crippen LogP contribution is -2.32. The molecule has 0 atom stereocenters. The van der Waals surface area contributed by atoms with Crippen molar-refractivity contribution < 1.29 is 22.7 Å².